The number of nitrogens with one attached hydrogen (secondary N) is 1. The van der Waals surface area contributed by atoms with E-state index in [0.717, 1.165) is 0 Å². The maximum absolute atomic E-state index is 13.4. The van der Waals surface area contributed by atoms with Crippen molar-refractivity contribution in [1.82, 2.24) is 0 Å². The lowest BCUT2D eigenvalue weighted by Gasteiger charge is -2.15. The highest BCUT2D eigenvalue weighted by Gasteiger charge is 2.16. The molecule has 0 fully saturated rings. The summed E-state index contributed by atoms with van der Waals surface area (Å²) < 4.78 is 32.1. The van der Waals surface area contributed by atoms with Crippen molar-refractivity contribution in [2.45, 2.75) is 20.0 Å². The highest BCUT2D eigenvalue weighted by Crippen LogP contribution is 2.18. The predicted molar refractivity (Wildman–Crippen MR) is 76.3 cm³/mol. The molecule has 0 bridgehead atoms. The minimum absolute atomic E-state index is 0.00441. The van der Waals surface area contributed by atoms with Crippen molar-refractivity contribution >= 4 is 11.6 Å². The average molecular weight is 291 g/mol. The van der Waals surface area contributed by atoms with Gasteiger partial charge < -0.3 is 10.1 Å². The van der Waals surface area contributed by atoms with E-state index in [9.17, 15) is 13.6 Å². The monoisotopic (exact) mass is 291 g/mol. The summed E-state index contributed by atoms with van der Waals surface area (Å²) >= 11 is 0. The number of ether oxygens (including phenoxy) is 1. The second-order valence-corrected chi connectivity index (χ2v) is 4.64. The summed E-state index contributed by atoms with van der Waals surface area (Å²) in [7, 11) is 0. The Morgan fingerprint density at radius 1 is 1.14 bits per heavy atom. The van der Waals surface area contributed by atoms with E-state index in [1.54, 1.807) is 25.1 Å². The van der Waals surface area contributed by atoms with Crippen molar-refractivity contribution in [3.63, 3.8) is 0 Å². The number of hydrogen-bond acceptors (Lipinski definition) is 2. The van der Waals surface area contributed by atoms with Gasteiger partial charge in [0.2, 0.25) is 0 Å². The second-order valence-electron chi connectivity index (χ2n) is 4.64. The smallest absolute Gasteiger partial charge is 0.265 e. The van der Waals surface area contributed by atoms with E-state index < -0.39 is 23.6 Å². The number of carbonyl (C=O) groups excluding carboxylic acids is 1. The van der Waals surface area contributed by atoms with E-state index >= 15 is 0 Å². The van der Waals surface area contributed by atoms with Crippen LogP contribution in [0.4, 0.5) is 14.5 Å². The molecule has 1 amide bonds. The molecule has 1 unspecified atom stereocenters. The molecule has 0 aliphatic carbocycles. The van der Waals surface area contributed by atoms with Crippen LogP contribution >= 0.6 is 0 Å². The van der Waals surface area contributed by atoms with Gasteiger partial charge in [-0.1, -0.05) is 18.2 Å². The molecule has 2 aromatic rings. The summed E-state index contributed by atoms with van der Waals surface area (Å²) in [6, 6.07) is 10.2. The molecule has 0 radical (unpaired) electrons. The van der Waals surface area contributed by atoms with Crippen LogP contribution in [0, 0.1) is 18.6 Å². The highest BCUT2D eigenvalue weighted by molar-refractivity contribution is 5.94. The summed E-state index contributed by atoms with van der Waals surface area (Å²) in [6.45, 7) is 3.12. The molecule has 0 aromatic heterocycles. The van der Waals surface area contributed by atoms with Gasteiger partial charge in [-0.05, 0) is 43.7 Å². The average Bonchev–Trinajstić information content (AvgIpc) is 2.45. The van der Waals surface area contributed by atoms with E-state index in [0.29, 0.717) is 11.3 Å². The first-order chi connectivity index (χ1) is 9.97. The van der Waals surface area contributed by atoms with E-state index in [4.69, 9.17) is 4.74 Å². The van der Waals surface area contributed by atoms with Crippen LogP contribution in [0.3, 0.4) is 0 Å². The SMILES string of the molecule is Cc1ccc(NC(=O)C(C)Oc2ccccc2F)cc1F. The third kappa shape index (κ3) is 3.78. The fourth-order valence-electron chi connectivity index (χ4n) is 1.70. The number of hydrogen-bond donors (Lipinski definition) is 1. The molecule has 0 spiro atoms. The summed E-state index contributed by atoms with van der Waals surface area (Å²) in [5.74, 6) is -1.44. The molecule has 0 aliphatic heterocycles. The third-order valence-electron chi connectivity index (χ3n) is 2.95. The Hall–Kier alpha value is -2.43. The first kappa shape index (κ1) is 15.0. The van der Waals surface area contributed by atoms with Crippen LogP contribution in [-0.2, 0) is 4.79 Å². The molecule has 1 N–H and O–H groups in total. The number of amides is 1. The van der Waals surface area contributed by atoms with E-state index in [1.807, 2.05) is 0 Å². The normalized spacial score (nSPS) is 11.8. The van der Waals surface area contributed by atoms with Crippen molar-refractivity contribution in [3.8, 4) is 5.75 Å². The van der Waals surface area contributed by atoms with Crippen LogP contribution < -0.4 is 10.1 Å². The fourth-order valence-corrected chi connectivity index (χ4v) is 1.70. The van der Waals surface area contributed by atoms with Crippen molar-refractivity contribution in [2.75, 3.05) is 5.32 Å². The standard InChI is InChI=1S/C16H15F2NO2/c1-10-7-8-12(9-14(10)18)19-16(20)11(2)21-15-6-4-3-5-13(15)17/h3-9,11H,1-2H3,(H,19,20). The quantitative estimate of drug-likeness (QED) is 0.933. The van der Waals surface area contributed by atoms with Gasteiger partial charge in [-0.3, -0.25) is 4.79 Å². The van der Waals surface area contributed by atoms with Crippen molar-refractivity contribution in [3.05, 3.63) is 59.7 Å². The Labute approximate surface area is 121 Å². The topological polar surface area (TPSA) is 38.3 Å². The van der Waals surface area contributed by atoms with Gasteiger partial charge in [0.1, 0.15) is 5.82 Å². The number of aryl methyl sites for hydroxylation is 1. The van der Waals surface area contributed by atoms with E-state index in [2.05, 4.69) is 5.32 Å². The molecular formula is C16H15F2NO2. The summed E-state index contributed by atoms with van der Waals surface area (Å²) in [5, 5.41) is 2.52. The summed E-state index contributed by atoms with van der Waals surface area (Å²) in [6.07, 6.45) is -0.911. The Bertz CT molecular complexity index is 658. The molecular weight excluding hydrogens is 276 g/mol. The molecule has 0 saturated heterocycles. The third-order valence-corrected chi connectivity index (χ3v) is 2.95. The van der Waals surface area contributed by atoms with Crippen molar-refractivity contribution < 1.29 is 18.3 Å². The summed E-state index contributed by atoms with van der Waals surface area (Å²) in [4.78, 5) is 11.9. The highest BCUT2D eigenvalue weighted by atomic mass is 19.1. The molecule has 2 aromatic carbocycles. The molecule has 2 rings (SSSR count). The number of benzene rings is 2. The van der Waals surface area contributed by atoms with Crippen LogP contribution in [-0.4, -0.2) is 12.0 Å². The fraction of sp³-hybridized carbons (Fsp3) is 0.188. The zero-order valence-electron chi connectivity index (χ0n) is 11.7. The largest absolute Gasteiger partial charge is 0.478 e. The van der Waals surface area contributed by atoms with Gasteiger partial charge in [0.05, 0.1) is 0 Å². The van der Waals surface area contributed by atoms with E-state index in [1.165, 1.54) is 31.2 Å². The molecule has 5 heteroatoms. The number of halogens is 2. The first-order valence-corrected chi connectivity index (χ1v) is 6.45. The van der Waals surface area contributed by atoms with Gasteiger partial charge in [0.25, 0.3) is 5.91 Å². The Morgan fingerprint density at radius 2 is 1.86 bits per heavy atom. The van der Waals surface area contributed by atoms with Gasteiger partial charge in [0, 0.05) is 5.69 Å². The van der Waals surface area contributed by atoms with Crippen LogP contribution in [0.25, 0.3) is 0 Å². The zero-order chi connectivity index (χ0) is 15.4. The number of rotatable bonds is 4. The van der Waals surface area contributed by atoms with E-state index in [-0.39, 0.29) is 5.75 Å². The molecule has 21 heavy (non-hydrogen) atoms. The Kier molecular flexibility index (Phi) is 4.52. The number of carbonyl (C=O) groups is 1. The molecule has 3 nitrogen and oxygen atoms in total. The minimum atomic E-state index is -0.911. The second kappa shape index (κ2) is 6.35. The Morgan fingerprint density at radius 3 is 2.52 bits per heavy atom. The molecule has 110 valence electrons. The van der Waals surface area contributed by atoms with Gasteiger partial charge in [-0.2, -0.15) is 0 Å². The lowest BCUT2D eigenvalue weighted by molar-refractivity contribution is -0.122. The maximum atomic E-state index is 13.4. The molecule has 0 aliphatic rings. The van der Waals surface area contributed by atoms with Crippen LogP contribution in [0.15, 0.2) is 42.5 Å². The van der Waals surface area contributed by atoms with Crippen LogP contribution in [0.1, 0.15) is 12.5 Å². The molecule has 0 saturated carbocycles. The molecule has 1 atom stereocenters. The maximum Gasteiger partial charge on any atom is 0.265 e. The minimum Gasteiger partial charge on any atom is -0.478 e. The number of anilines is 1. The number of para-hydroxylation sites is 1. The lowest BCUT2D eigenvalue weighted by atomic mass is 10.2. The predicted octanol–water partition coefficient (Wildman–Crippen LogP) is 3.68. The first-order valence-electron chi connectivity index (χ1n) is 6.45. The van der Waals surface area contributed by atoms with Crippen LogP contribution in [0.5, 0.6) is 5.75 Å². The van der Waals surface area contributed by atoms with Crippen molar-refractivity contribution in [2.24, 2.45) is 0 Å². The summed E-state index contributed by atoms with van der Waals surface area (Å²) in [5.41, 5.74) is 0.815. The lowest BCUT2D eigenvalue weighted by Crippen LogP contribution is -2.30. The molecule has 0 heterocycles. The zero-order valence-corrected chi connectivity index (χ0v) is 11.7. The van der Waals surface area contributed by atoms with Gasteiger partial charge in [-0.15, -0.1) is 0 Å². The van der Waals surface area contributed by atoms with Gasteiger partial charge in [0.15, 0.2) is 17.7 Å². The van der Waals surface area contributed by atoms with Gasteiger partial charge >= 0.3 is 0 Å². The van der Waals surface area contributed by atoms with Gasteiger partial charge in [-0.25, -0.2) is 8.78 Å². The van der Waals surface area contributed by atoms with Crippen LogP contribution in [0.2, 0.25) is 0 Å². The van der Waals surface area contributed by atoms with Crippen molar-refractivity contribution in [1.29, 1.82) is 0 Å². The Balaban J connectivity index is 2.02.